The molecule has 40 heavy (non-hydrogen) atoms. The summed E-state index contributed by atoms with van der Waals surface area (Å²) in [7, 11) is 1.82. The van der Waals surface area contributed by atoms with Gasteiger partial charge in [-0.05, 0) is 37.3 Å². The van der Waals surface area contributed by atoms with Crippen molar-refractivity contribution in [3.05, 3.63) is 61.0 Å². The number of rotatable bonds is 11. The molecule has 0 aromatic carbocycles. The van der Waals surface area contributed by atoms with Gasteiger partial charge in [0.25, 0.3) is 0 Å². The van der Waals surface area contributed by atoms with Crippen LogP contribution in [0.5, 0.6) is 5.88 Å². The van der Waals surface area contributed by atoms with Gasteiger partial charge in [-0.25, -0.2) is 24.3 Å². The van der Waals surface area contributed by atoms with Gasteiger partial charge >= 0.3 is 5.97 Å². The fourth-order valence-electron chi connectivity index (χ4n) is 4.82. The fraction of sp³-hybridized carbons (Fsp3) is 0.407. The number of hydrogen-bond donors (Lipinski definition) is 0. The lowest BCUT2D eigenvalue weighted by Crippen LogP contribution is -2.37. The minimum absolute atomic E-state index is 0.176. The van der Waals surface area contributed by atoms with Crippen molar-refractivity contribution in [3.63, 3.8) is 0 Å². The van der Waals surface area contributed by atoms with Crippen molar-refractivity contribution in [2.45, 2.75) is 39.2 Å². The Morgan fingerprint density at radius 3 is 2.95 bits per heavy atom. The van der Waals surface area contributed by atoms with Crippen LogP contribution in [0, 0.1) is 5.92 Å². The standard InChI is InChI=1S/C27H32N10O3/c1-4-13-39-26(38)14-19-7-6-11-36(16-19)22-9-8-21(31-20(22)5-2)27-23(35(3)34-32-27)17-40-25-15-24(28-18-29-25)37-12-10-30-33-37/h4,8-10,12,15,18-19H,1,5-7,11,13-14,16-17H2,2-3H3/t19-/m1/s1. The predicted octanol–water partition coefficient (Wildman–Crippen LogP) is 2.72. The van der Waals surface area contributed by atoms with E-state index in [2.05, 4.69) is 55.1 Å². The lowest BCUT2D eigenvalue weighted by molar-refractivity contribution is -0.143. The first-order valence-electron chi connectivity index (χ1n) is 13.3. The van der Waals surface area contributed by atoms with Gasteiger partial charge in [-0.3, -0.25) is 4.79 Å². The summed E-state index contributed by atoms with van der Waals surface area (Å²) in [6, 6.07) is 5.75. The Morgan fingerprint density at radius 1 is 1.25 bits per heavy atom. The van der Waals surface area contributed by atoms with Gasteiger partial charge in [0.2, 0.25) is 5.88 Å². The number of anilines is 1. The fourth-order valence-corrected chi connectivity index (χ4v) is 4.82. The van der Waals surface area contributed by atoms with Crippen molar-refractivity contribution >= 4 is 11.7 Å². The van der Waals surface area contributed by atoms with Crippen molar-refractivity contribution in [2.24, 2.45) is 13.0 Å². The first kappa shape index (κ1) is 26.9. The minimum Gasteiger partial charge on any atom is -0.471 e. The summed E-state index contributed by atoms with van der Waals surface area (Å²) in [5, 5.41) is 16.4. The Morgan fingerprint density at radius 2 is 2.15 bits per heavy atom. The van der Waals surface area contributed by atoms with Gasteiger partial charge in [-0.2, -0.15) is 0 Å². The number of ether oxygens (including phenoxy) is 2. The molecule has 0 N–H and O–H groups in total. The van der Waals surface area contributed by atoms with E-state index < -0.39 is 0 Å². The zero-order valence-corrected chi connectivity index (χ0v) is 22.7. The van der Waals surface area contributed by atoms with Crippen LogP contribution in [0.1, 0.15) is 37.6 Å². The third-order valence-corrected chi connectivity index (χ3v) is 6.79. The maximum Gasteiger partial charge on any atom is 0.306 e. The summed E-state index contributed by atoms with van der Waals surface area (Å²) in [5.74, 6) is 0.999. The van der Waals surface area contributed by atoms with Crippen LogP contribution in [-0.4, -0.2) is 70.6 Å². The Labute approximate surface area is 231 Å². The molecule has 4 aromatic heterocycles. The van der Waals surface area contributed by atoms with Crippen LogP contribution < -0.4 is 9.64 Å². The summed E-state index contributed by atoms with van der Waals surface area (Å²) in [4.78, 5) is 27.9. The van der Waals surface area contributed by atoms with Gasteiger partial charge < -0.3 is 14.4 Å². The van der Waals surface area contributed by atoms with E-state index in [0.717, 1.165) is 55.1 Å². The van der Waals surface area contributed by atoms with Crippen LogP contribution in [-0.2, 0) is 29.6 Å². The van der Waals surface area contributed by atoms with E-state index in [4.69, 9.17) is 14.5 Å². The Hall–Kier alpha value is -4.68. The second kappa shape index (κ2) is 12.5. The summed E-state index contributed by atoms with van der Waals surface area (Å²) in [6.45, 7) is 7.84. The van der Waals surface area contributed by atoms with Gasteiger partial charge in [0.1, 0.15) is 30.9 Å². The maximum atomic E-state index is 12.1. The number of pyridine rings is 1. The molecule has 0 saturated carbocycles. The van der Waals surface area contributed by atoms with Crippen molar-refractivity contribution in [3.8, 4) is 23.1 Å². The quantitative estimate of drug-likeness (QED) is 0.203. The first-order valence-corrected chi connectivity index (χ1v) is 13.3. The Balaban J connectivity index is 1.31. The first-order chi connectivity index (χ1) is 19.6. The summed E-state index contributed by atoms with van der Waals surface area (Å²) in [6.07, 6.45) is 9.45. The molecule has 1 atom stereocenters. The monoisotopic (exact) mass is 544 g/mol. The third-order valence-electron chi connectivity index (χ3n) is 6.79. The van der Waals surface area contributed by atoms with Crippen molar-refractivity contribution < 1.29 is 14.3 Å². The average molecular weight is 545 g/mol. The van der Waals surface area contributed by atoms with E-state index in [1.54, 1.807) is 29.2 Å². The molecule has 0 spiro atoms. The van der Waals surface area contributed by atoms with Gasteiger partial charge in [0.15, 0.2) is 5.82 Å². The Bertz CT molecular complexity index is 1450. The highest BCUT2D eigenvalue weighted by Crippen LogP contribution is 2.30. The van der Waals surface area contributed by atoms with Crippen LogP contribution >= 0.6 is 0 Å². The van der Waals surface area contributed by atoms with Crippen molar-refractivity contribution in [1.29, 1.82) is 0 Å². The minimum atomic E-state index is -0.176. The molecule has 0 bridgehead atoms. The normalized spacial score (nSPS) is 15.2. The van der Waals surface area contributed by atoms with Crippen LogP contribution in [0.2, 0.25) is 0 Å². The highest BCUT2D eigenvalue weighted by molar-refractivity contribution is 5.70. The smallest absolute Gasteiger partial charge is 0.306 e. The van der Waals surface area contributed by atoms with Crippen LogP contribution in [0.3, 0.4) is 0 Å². The largest absolute Gasteiger partial charge is 0.471 e. The molecule has 13 heteroatoms. The number of aromatic nitrogens is 9. The van der Waals surface area contributed by atoms with Crippen LogP contribution in [0.15, 0.2) is 49.6 Å². The number of esters is 1. The lowest BCUT2D eigenvalue weighted by Gasteiger charge is -2.35. The highest BCUT2D eigenvalue weighted by atomic mass is 16.5. The lowest BCUT2D eigenvalue weighted by atomic mass is 9.94. The van der Waals surface area contributed by atoms with Gasteiger partial charge in [-0.1, -0.05) is 30.0 Å². The van der Waals surface area contributed by atoms with Gasteiger partial charge in [-0.15, -0.1) is 10.2 Å². The molecule has 0 radical (unpaired) electrons. The third kappa shape index (κ3) is 6.14. The van der Waals surface area contributed by atoms with Crippen molar-refractivity contribution in [1.82, 2.24) is 44.9 Å². The number of nitrogens with zero attached hydrogens (tertiary/aromatic N) is 10. The van der Waals surface area contributed by atoms with Crippen LogP contribution in [0.25, 0.3) is 17.2 Å². The highest BCUT2D eigenvalue weighted by Gasteiger charge is 2.25. The molecule has 4 aromatic rings. The summed E-state index contributed by atoms with van der Waals surface area (Å²) in [5.41, 5.74) is 4.19. The molecule has 1 fully saturated rings. The molecule has 208 valence electrons. The average Bonchev–Trinajstić information content (AvgIpc) is 3.65. The molecule has 1 saturated heterocycles. The van der Waals surface area contributed by atoms with Crippen molar-refractivity contribution in [2.75, 3.05) is 24.6 Å². The molecule has 0 amide bonds. The summed E-state index contributed by atoms with van der Waals surface area (Å²) < 4.78 is 14.4. The molecule has 0 unspecified atom stereocenters. The molecule has 13 nitrogen and oxygen atoms in total. The molecule has 5 heterocycles. The zero-order valence-electron chi connectivity index (χ0n) is 22.7. The zero-order chi connectivity index (χ0) is 27.9. The molecule has 1 aliphatic rings. The van der Waals surface area contributed by atoms with Gasteiger partial charge in [0, 0.05) is 26.2 Å². The van der Waals surface area contributed by atoms with E-state index in [1.165, 1.54) is 11.0 Å². The maximum absolute atomic E-state index is 12.1. The van der Waals surface area contributed by atoms with E-state index in [0.29, 0.717) is 23.8 Å². The molecule has 0 aliphatic carbocycles. The second-order valence-electron chi connectivity index (χ2n) is 9.51. The summed E-state index contributed by atoms with van der Waals surface area (Å²) >= 11 is 0. The predicted molar refractivity (Wildman–Crippen MR) is 146 cm³/mol. The van der Waals surface area contributed by atoms with E-state index in [9.17, 15) is 4.79 Å². The SMILES string of the molecule is C=CCOC(=O)C[C@H]1CCCN(c2ccc(-c3nnn(C)c3COc3cc(-n4ccnn4)ncn3)nc2CC)C1. The number of aryl methyl sites for hydroxylation is 2. The number of carbonyl (C=O) groups is 1. The second-order valence-corrected chi connectivity index (χ2v) is 9.51. The van der Waals surface area contributed by atoms with E-state index in [1.807, 2.05) is 13.1 Å². The van der Waals surface area contributed by atoms with E-state index in [-0.39, 0.29) is 25.1 Å². The molecular formula is C27H32N10O3. The van der Waals surface area contributed by atoms with E-state index >= 15 is 0 Å². The number of carbonyl (C=O) groups excluding carboxylic acids is 1. The number of piperidine rings is 1. The molecule has 1 aliphatic heterocycles. The topological polar surface area (TPSA) is 139 Å². The molecule has 5 rings (SSSR count). The number of hydrogen-bond acceptors (Lipinski definition) is 11. The van der Waals surface area contributed by atoms with Gasteiger partial charge in [0.05, 0.1) is 35.9 Å². The molecular weight excluding hydrogens is 512 g/mol. The Kier molecular flexibility index (Phi) is 8.38. The van der Waals surface area contributed by atoms with Crippen LogP contribution in [0.4, 0.5) is 5.69 Å².